The van der Waals surface area contributed by atoms with Gasteiger partial charge in [0.2, 0.25) is 4.96 Å². The van der Waals surface area contributed by atoms with E-state index >= 15 is 0 Å². The molecular formula is C16H10N8S. The molecule has 8 nitrogen and oxygen atoms in total. The third-order valence-corrected chi connectivity index (χ3v) is 4.42. The summed E-state index contributed by atoms with van der Waals surface area (Å²) < 4.78 is 1.66. The maximum Gasteiger partial charge on any atom is 0.234 e. The molecule has 0 bridgehead atoms. The predicted octanol–water partition coefficient (Wildman–Crippen LogP) is 2.71. The maximum atomic E-state index is 9.19. The van der Waals surface area contributed by atoms with Crippen molar-refractivity contribution < 1.29 is 0 Å². The van der Waals surface area contributed by atoms with Gasteiger partial charge in [0.15, 0.2) is 11.4 Å². The first-order valence-electron chi connectivity index (χ1n) is 7.09. The molecule has 9 heteroatoms. The molecule has 0 unspecified atom stereocenters. The molecule has 0 aliphatic heterocycles. The molecule has 2 heterocycles. The number of hydrogen-bond donors (Lipinski definition) is 1. The van der Waals surface area contributed by atoms with Gasteiger partial charge in [0.25, 0.3) is 0 Å². The second-order valence-corrected chi connectivity index (χ2v) is 6.04. The van der Waals surface area contributed by atoms with Crippen molar-refractivity contribution in [3.8, 4) is 28.8 Å². The van der Waals surface area contributed by atoms with E-state index in [9.17, 15) is 5.26 Å². The van der Waals surface area contributed by atoms with Crippen molar-refractivity contribution in [2.45, 2.75) is 13.8 Å². The highest BCUT2D eigenvalue weighted by atomic mass is 32.1. The van der Waals surface area contributed by atoms with Crippen LogP contribution in [0.25, 0.3) is 15.5 Å². The minimum atomic E-state index is -0.262. The third-order valence-electron chi connectivity index (χ3n) is 3.48. The first kappa shape index (κ1) is 16.1. The lowest BCUT2D eigenvalue weighted by molar-refractivity contribution is 0.898. The zero-order valence-corrected chi connectivity index (χ0v) is 14.1. The molecule has 120 valence electrons. The summed E-state index contributed by atoms with van der Waals surface area (Å²) in [6.45, 7) is 3.68. The summed E-state index contributed by atoms with van der Waals surface area (Å²) in [4.78, 5) is 0.691. The first-order valence-corrected chi connectivity index (χ1v) is 7.90. The SMILES string of the molecule is Cc1ccc(-c2nn3c(C)nnc3s2)cc1NC(C#N)=C(C#N)C#N. The van der Waals surface area contributed by atoms with E-state index in [4.69, 9.17) is 10.5 Å². The van der Waals surface area contributed by atoms with Gasteiger partial charge in [0.1, 0.15) is 28.9 Å². The fourth-order valence-corrected chi connectivity index (χ4v) is 3.02. The Bertz CT molecular complexity index is 1110. The fraction of sp³-hybridized carbons (Fsp3) is 0.125. The Labute approximate surface area is 146 Å². The van der Waals surface area contributed by atoms with Gasteiger partial charge in [0, 0.05) is 11.3 Å². The number of nitriles is 3. The number of rotatable bonds is 3. The second-order valence-electron chi connectivity index (χ2n) is 5.09. The number of aromatic nitrogens is 4. The molecular weight excluding hydrogens is 336 g/mol. The van der Waals surface area contributed by atoms with Crippen LogP contribution >= 0.6 is 11.3 Å². The second kappa shape index (κ2) is 6.40. The van der Waals surface area contributed by atoms with E-state index in [1.165, 1.54) is 11.3 Å². The number of benzene rings is 1. The summed E-state index contributed by atoms with van der Waals surface area (Å²) in [7, 11) is 0. The number of hydrogen-bond acceptors (Lipinski definition) is 8. The monoisotopic (exact) mass is 346 g/mol. The van der Waals surface area contributed by atoms with Crippen LogP contribution in [0.5, 0.6) is 0 Å². The van der Waals surface area contributed by atoms with Crippen molar-refractivity contribution in [3.63, 3.8) is 0 Å². The third kappa shape index (κ3) is 2.90. The molecule has 3 aromatic rings. The van der Waals surface area contributed by atoms with E-state index in [0.29, 0.717) is 16.5 Å². The fourth-order valence-electron chi connectivity index (χ4n) is 2.14. The lowest BCUT2D eigenvalue weighted by Crippen LogP contribution is -2.02. The molecule has 0 spiro atoms. The van der Waals surface area contributed by atoms with Gasteiger partial charge in [-0.1, -0.05) is 23.5 Å². The Morgan fingerprint density at radius 2 is 1.88 bits per heavy atom. The summed E-state index contributed by atoms with van der Waals surface area (Å²) in [5.41, 5.74) is 1.97. The number of nitrogens with one attached hydrogen (secondary N) is 1. The van der Waals surface area contributed by atoms with E-state index in [1.54, 1.807) is 16.7 Å². The first-order chi connectivity index (χ1) is 12.1. The topological polar surface area (TPSA) is 126 Å². The van der Waals surface area contributed by atoms with Crippen molar-refractivity contribution in [2.24, 2.45) is 0 Å². The summed E-state index contributed by atoms with van der Waals surface area (Å²) in [6.07, 6.45) is 0. The average Bonchev–Trinajstić information content (AvgIpc) is 3.19. The molecule has 3 rings (SSSR count). The number of aryl methyl sites for hydroxylation is 2. The number of fused-ring (bicyclic) bond motifs is 1. The Morgan fingerprint density at radius 1 is 1.12 bits per heavy atom. The van der Waals surface area contributed by atoms with E-state index in [1.807, 2.05) is 38.1 Å². The normalized spacial score (nSPS) is 9.88. The van der Waals surface area contributed by atoms with Gasteiger partial charge < -0.3 is 5.32 Å². The zero-order valence-electron chi connectivity index (χ0n) is 13.3. The molecule has 0 saturated carbocycles. The minimum absolute atomic E-state index is 0.0840. The van der Waals surface area contributed by atoms with Gasteiger partial charge in [-0.15, -0.1) is 10.2 Å². The highest BCUT2D eigenvalue weighted by Gasteiger charge is 2.13. The van der Waals surface area contributed by atoms with Crippen LogP contribution in [0, 0.1) is 47.8 Å². The molecule has 0 saturated heterocycles. The van der Waals surface area contributed by atoms with E-state index < -0.39 is 0 Å². The highest BCUT2D eigenvalue weighted by molar-refractivity contribution is 7.19. The lowest BCUT2D eigenvalue weighted by atomic mass is 10.1. The van der Waals surface area contributed by atoms with E-state index in [2.05, 4.69) is 20.6 Å². The summed E-state index contributed by atoms with van der Waals surface area (Å²) in [5, 5.41) is 43.2. The number of anilines is 1. The largest absolute Gasteiger partial charge is 0.345 e. The van der Waals surface area contributed by atoms with Crippen LogP contribution in [0.2, 0.25) is 0 Å². The summed E-state index contributed by atoms with van der Waals surface area (Å²) >= 11 is 1.39. The van der Waals surface area contributed by atoms with Crippen LogP contribution in [-0.4, -0.2) is 19.8 Å². The van der Waals surface area contributed by atoms with Gasteiger partial charge in [0.05, 0.1) is 0 Å². The van der Waals surface area contributed by atoms with Crippen LogP contribution in [-0.2, 0) is 0 Å². The molecule has 25 heavy (non-hydrogen) atoms. The molecule has 0 radical (unpaired) electrons. The molecule has 0 aliphatic carbocycles. The van der Waals surface area contributed by atoms with Crippen molar-refractivity contribution >= 4 is 22.0 Å². The van der Waals surface area contributed by atoms with Crippen molar-refractivity contribution in [3.05, 3.63) is 40.9 Å². The number of allylic oxidation sites excluding steroid dienone is 2. The predicted molar refractivity (Wildman–Crippen MR) is 91.1 cm³/mol. The standard InChI is InChI=1S/C16H10N8S/c1-9-3-4-11(15-23-24-10(2)21-22-16(24)25-15)5-13(9)20-14(8-19)12(6-17)7-18/h3-5,20H,1-2H3. The van der Waals surface area contributed by atoms with E-state index in [-0.39, 0.29) is 11.3 Å². The van der Waals surface area contributed by atoms with Crippen molar-refractivity contribution in [1.82, 2.24) is 19.8 Å². The van der Waals surface area contributed by atoms with Crippen molar-refractivity contribution in [2.75, 3.05) is 5.32 Å². The molecule has 0 atom stereocenters. The van der Waals surface area contributed by atoms with Crippen LogP contribution < -0.4 is 5.32 Å². The molecule has 1 aromatic carbocycles. The summed E-state index contributed by atoms with van der Waals surface area (Å²) in [5.74, 6) is 0.699. The average molecular weight is 346 g/mol. The van der Waals surface area contributed by atoms with Crippen LogP contribution in [0.4, 0.5) is 5.69 Å². The lowest BCUT2D eigenvalue weighted by Gasteiger charge is -2.09. The van der Waals surface area contributed by atoms with Gasteiger partial charge in [-0.3, -0.25) is 0 Å². The highest BCUT2D eigenvalue weighted by Crippen LogP contribution is 2.29. The number of nitrogens with zero attached hydrogens (tertiary/aromatic N) is 7. The van der Waals surface area contributed by atoms with Crippen LogP contribution in [0.3, 0.4) is 0 Å². The molecule has 0 amide bonds. The molecule has 1 N–H and O–H groups in total. The van der Waals surface area contributed by atoms with Gasteiger partial charge >= 0.3 is 0 Å². The van der Waals surface area contributed by atoms with Crippen LogP contribution in [0.1, 0.15) is 11.4 Å². The minimum Gasteiger partial charge on any atom is -0.345 e. The maximum absolute atomic E-state index is 9.19. The molecule has 0 fully saturated rings. The summed E-state index contributed by atoms with van der Waals surface area (Å²) in [6, 6.07) is 10.9. The smallest absolute Gasteiger partial charge is 0.234 e. The Morgan fingerprint density at radius 3 is 2.52 bits per heavy atom. The molecule has 2 aromatic heterocycles. The van der Waals surface area contributed by atoms with Gasteiger partial charge in [-0.25, -0.2) is 0 Å². The van der Waals surface area contributed by atoms with Crippen LogP contribution in [0.15, 0.2) is 29.5 Å². The quantitative estimate of drug-likeness (QED) is 0.722. The van der Waals surface area contributed by atoms with Gasteiger partial charge in [-0.2, -0.15) is 25.4 Å². The Kier molecular flexibility index (Phi) is 4.13. The Hall–Kier alpha value is -3.74. The molecule has 0 aliphatic rings. The van der Waals surface area contributed by atoms with Gasteiger partial charge in [-0.05, 0) is 25.5 Å². The Balaban J connectivity index is 2.04. The zero-order chi connectivity index (χ0) is 18.0. The van der Waals surface area contributed by atoms with Crippen molar-refractivity contribution in [1.29, 1.82) is 15.8 Å². The van der Waals surface area contributed by atoms with E-state index in [0.717, 1.165) is 16.1 Å².